The maximum absolute atomic E-state index is 12.4. The molecule has 0 unspecified atom stereocenters. The Morgan fingerprint density at radius 3 is 2.84 bits per heavy atom. The lowest BCUT2D eigenvalue weighted by molar-refractivity contribution is -0.141. The molecule has 1 aromatic rings. The van der Waals surface area contributed by atoms with Crippen molar-refractivity contribution < 1.29 is 19.4 Å². The molecule has 2 aliphatic rings. The van der Waals surface area contributed by atoms with E-state index >= 15 is 0 Å². The number of fused-ring (bicyclic) bond motifs is 1. The molecule has 0 aromatic heterocycles. The van der Waals surface area contributed by atoms with Crippen LogP contribution in [0.25, 0.3) is 0 Å². The van der Waals surface area contributed by atoms with Crippen LogP contribution in [-0.2, 0) is 22.7 Å². The summed E-state index contributed by atoms with van der Waals surface area (Å²) in [5.41, 5.74) is 2.68. The van der Waals surface area contributed by atoms with Crippen molar-refractivity contribution in [2.45, 2.75) is 32.1 Å². The van der Waals surface area contributed by atoms with Gasteiger partial charge in [0.2, 0.25) is 0 Å². The van der Waals surface area contributed by atoms with Crippen LogP contribution in [0.3, 0.4) is 0 Å². The highest BCUT2D eigenvalue weighted by Crippen LogP contribution is 2.24. The molecule has 1 atom stereocenters. The molecule has 1 amide bonds. The number of carbonyl (C=O) groups is 2. The molecule has 2 heterocycles. The van der Waals surface area contributed by atoms with Gasteiger partial charge in [-0.15, -0.1) is 0 Å². The quantitative estimate of drug-likeness (QED) is 0.874. The van der Waals surface area contributed by atoms with Gasteiger partial charge in [-0.05, 0) is 36.1 Å². The molecule has 0 saturated carbocycles. The number of ether oxygens (including phenoxy) is 1. The monoisotopic (exact) mass is 261 g/mol. The number of rotatable bonds is 2. The van der Waals surface area contributed by atoms with E-state index in [1.54, 1.807) is 6.07 Å². The second-order valence-electron chi connectivity index (χ2n) is 4.97. The molecule has 0 spiro atoms. The predicted molar refractivity (Wildman–Crippen MR) is 66.6 cm³/mol. The number of carboxylic acid groups (broad SMARTS) is 1. The predicted octanol–water partition coefficient (Wildman–Crippen LogP) is 1.41. The van der Waals surface area contributed by atoms with Gasteiger partial charge in [-0.25, -0.2) is 4.79 Å². The molecule has 5 heteroatoms. The molecule has 19 heavy (non-hydrogen) atoms. The van der Waals surface area contributed by atoms with E-state index in [2.05, 4.69) is 0 Å². The van der Waals surface area contributed by atoms with Gasteiger partial charge in [0.15, 0.2) is 0 Å². The molecular weight excluding hydrogens is 246 g/mol. The van der Waals surface area contributed by atoms with E-state index in [4.69, 9.17) is 9.84 Å². The van der Waals surface area contributed by atoms with Gasteiger partial charge in [-0.2, -0.15) is 0 Å². The number of aliphatic carboxylic acids is 1. The van der Waals surface area contributed by atoms with Gasteiger partial charge in [-0.3, -0.25) is 4.79 Å². The summed E-state index contributed by atoms with van der Waals surface area (Å²) in [5, 5.41) is 9.12. The van der Waals surface area contributed by atoms with E-state index in [9.17, 15) is 9.59 Å². The fourth-order valence-corrected chi connectivity index (χ4v) is 2.74. The third kappa shape index (κ3) is 2.10. The van der Waals surface area contributed by atoms with Gasteiger partial charge in [0, 0.05) is 12.1 Å². The number of carboxylic acids is 1. The van der Waals surface area contributed by atoms with Crippen molar-refractivity contribution in [3.8, 4) is 0 Å². The first-order valence-electron chi connectivity index (χ1n) is 6.40. The maximum Gasteiger partial charge on any atom is 0.326 e. The maximum atomic E-state index is 12.4. The molecule has 0 radical (unpaired) electrons. The van der Waals surface area contributed by atoms with Crippen molar-refractivity contribution >= 4 is 11.9 Å². The molecule has 100 valence electrons. The largest absolute Gasteiger partial charge is 0.480 e. The fourth-order valence-electron chi connectivity index (χ4n) is 2.74. The molecule has 2 aliphatic heterocycles. The molecule has 0 bridgehead atoms. The molecule has 1 N–H and O–H groups in total. The summed E-state index contributed by atoms with van der Waals surface area (Å²) < 4.78 is 5.32. The van der Waals surface area contributed by atoms with Crippen molar-refractivity contribution in [2.24, 2.45) is 0 Å². The number of benzene rings is 1. The summed E-state index contributed by atoms with van der Waals surface area (Å²) >= 11 is 0. The van der Waals surface area contributed by atoms with Crippen molar-refractivity contribution in [1.29, 1.82) is 0 Å². The summed E-state index contributed by atoms with van der Waals surface area (Å²) in [5.74, 6) is -1.12. The Hall–Kier alpha value is -1.88. The molecular formula is C14H15NO4. The smallest absolute Gasteiger partial charge is 0.326 e. The molecule has 1 fully saturated rings. The minimum atomic E-state index is -0.921. The Morgan fingerprint density at radius 1 is 1.26 bits per heavy atom. The lowest BCUT2D eigenvalue weighted by Crippen LogP contribution is -2.40. The second-order valence-corrected chi connectivity index (χ2v) is 4.97. The van der Waals surface area contributed by atoms with Crippen molar-refractivity contribution in [1.82, 2.24) is 4.90 Å². The fraction of sp³-hybridized carbons (Fsp3) is 0.429. The lowest BCUT2D eigenvalue weighted by Gasteiger charge is -2.21. The number of nitrogens with zero attached hydrogens (tertiary/aromatic N) is 1. The van der Waals surface area contributed by atoms with Crippen LogP contribution in [0, 0.1) is 0 Å². The average molecular weight is 261 g/mol. The van der Waals surface area contributed by atoms with E-state index in [1.807, 2.05) is 12.1 Å². The molecule has 1 saturated heterocycles. The number of amides is 1. The van der Waals surface area contributed by atoms with Crippen molar-refractivity contribution in [3.05, 3.63) is 34.9 Å². The number of hydrogen-bond acceptors (Lipinski definition) is 3. The van der Waals surface area contributed by atoms with Crippen LogP contribution in [0.5, 0.6) is 0 Å². The zero-order valence-electron chi connectivity index (χ0n) is 10.5. The third-order valence-electron chi connectivity index (χ3n) is 3.77. The Bertz CT molecular complexity index is 540. The molecule has 1 aromatic carbocycles. The summed E-state index contributed by atoms with van der Waals surface area (Å²) in [6, 6.07) is 4.79. The summed E-state index contributed by atoms with van der Waals surface area (Å²) in [6.07, 6.45) is 1.28. The minimum absolute atomic E-state index is 0.195. The Balaban J connectivity index is 1.85. The van der Waals surface area contributed by atoms with Gasteiger partial charge >= 0.3 is 5.97 Å². The number of likely N-dealkylation sites (tertiary alicyclic amines) is 1. The number of carbonyl (C=O) groups excluding carboxylic acids is 1. The van der Waals surface area contributed by atoms with Crippen LogP contribution in [-0.4, -0.2) is 34.5 Å². The topological polar surface area (TPSA) is 66.8 Å². The van der Waals surface area contributed by atoms with E-state index in [-0.39, 0.29) is 5.91 Å². The van der Waals surface area contributed by atoms with Crippen molar-refractivity contribution in [2.75, 3.05) is 6.54 Å². The average Bonchev–Trinajstić information content (AvgIpc) is 3.05. The summed E-state index contributed by atoms with van der Waals surface area (Å²) in [6.45, 7) is 1.63. The Kier molecular flexibility index (Phi) is 2.98. The first-order chi connectivity index (χ1) is 9.16. The molecule has 5 nitrogen and oxygen atoms in total. The minimum Gasteiger partial charge on any atom is -0.480 e. The van der Waals surface area contributed by atoms with Crippen LogP contribution in [0.2, 0.25) is 0 Å². The van der Waals surface area contributed by atoms with Crippen LogP contribution < -0.4 is 0 Å². The van der Waals surface area contributed by atoms with Gasteiger partial charge in [0.25, 0.3) is 5.91 Å². The zero-order chi connectivity index (χ0) is 13.4. The van der Waals surface area contributed by atoms with Crippen LogP contribution >= 0.6 is 0 Å². The molecule has 0 aliphatic carbocycles. The lowest BCUT2D eigenvalue weighted by atomic mass is 10.1. The highest BCUT2D eigenvalue weighted by molar-refractivity contribution is 5.97. The van der Waals surface area contributed by atoms with Crippen LogP contribution in [0.1, 0.15) is 34.3 Å². The van der Waals surface area contributed by atoms with E-state index in [1.165, 1.54) is 4.90 Å². The first-order valence-corrected chi connectivity index (χ1v) is 6.40. The van der Waals surface area contributed by atoms with E-state index in [0.717, 1.165) is 17.5 Å². The number of hydrogen-bond donors (Lipinski definition) is 1. The highest BCUT2D eigenvalue weighted by Gasteiger charge is 2.34. The summed E-state index contributed by atoms with van der Waals surface area (Å²) in [4.78, 5) is 25.0. The Morgan fingerprint density at radius 2 is 2.05 bits per heavy atom. The van der Waals surface area contributed by atoms with Gasteiger partial charge in [0.1, 0.15) is 6.04 Å². The Labute approximate surface area is 110 Å². The highest BCUT2D eigenvalue weighted by atomic mass is 16.5. The third-order valence-corrected chi connectivity index (χ3v) is 3.77. The van der Waals surface area contributed by atoms with Gasteiger partial charge in [0.05, 0.1) is 13.2 Å². The second kappa shape index (κ2) is 4.66. The van der Waals surface area contributed by atoms with Crippen LogP contribution in [0.15, 0.2) is 18.2 Å². The normalized spacial score (nSPS) is 21.5. The SMILES string of the molecule is O=C(O)[C@H]1CCCN1C(=O)c1ccc2c(c1)COC2. The molecule has 3 rings (SSSR count). The van der Waals surface area contributed by atoms with Gasteiger partial charge in [-0.1, -0.05) is 6.07 Å². The van der Waals surface area contributed by atoms with Gasteiger partial charge < -0.3 is 14.7 Å². The standard InChI is InChI=1S/C14H15NO4/c16-13(15-5-1-2-12(15)14(17)18)9-3-4-10-7-19-8-11(10)6-9/h3-4,6,12H,1-2,5,7-8H2,(H,17,18)/t12-/m1/s1. The van der Waals surface area contributed by atoms with Crippen LogP contribution in [0.4, 0.5) is 0 Å². The van der Waals surface area contributed by atoms with Crippen molar-refractivity contribution in [3.63, 3.8) is 0 Å². The van der Waals surface area contributed by atoms with E-state index < -0.39 is 12.0 Å². The van der Waals surface area contributed by atoms with E-state index in [0.29, 0.717) is 31.7 Å². The zero-order valence-corrected chi connectivity index (χ0v) is 10.5. The first kappa shape index (κ1) is 12.2. The summed E-state index contributed by atoms with van der Waals surface area (Å²) in [7, 11) is 0.